The monoisotopic (exact) mass is 306 g/mol. The molecule has 0 heterocycles. The number of benzene rings is 2. The lowest BCUT2D eigenvalue weighted by molar-refractivity contribution is 0.520. The van der Waals surface area contributed by atoms with Crippen molar-refractivity contribution in [3.05, 3.63) is 69.5 Å². The number of nitrogens with one attached hydrogen (secondary N) is 1. The summed E-state index contributed by atoms with van der Waals surface area (Å²) in [5.74, 6) is 5.36. The van der Waals surface area contributed by atoms with Gasteiger partial charge >= 0.3 is 0 Å². The molecule has 0 aromatic heterocycles. The van der Waals surface area contributed by atoms with Crippen molar-refractivity contribution in [3.63, 3.8) is 0 Å². The highest BCUT2D eigenvalue weighted by atomic mass is 35.5. The van der Waals surface area contributed by atoms with Gasteiger partial charge in [0.2, 0.25) is 0 Å². The van der Waals surface area contributed by atoms with Crippen molar-refractivity contribution in [2.75, 3.05) is 0 Å². The van der Waals surface area contributed by atoms with Crippen molar-refractivity contribution < 1.29 is 4.39 Å². The Hall–Kier alpha value is -1.42. The molecule has 1 unspecified atom stereocenters. The normalized spacial score (nSPS) is 12.4. The molecule has 2 aromatic carbocycles. The Morgan fingerprint density at radius 1 is 1.10 bits per heavy atom. The minimum atomic E-state index is -0.281. The highest BCUT2D eigenvalue weighted by Gasteiger charge is 2.12. The Bertz CT molecular complexity index is 608. The summed E-state index contributed by atoms with van der Waals surface area (Å²) < 4.78 is 13.3. The second-order valence-corrected chi connectivity index (χ2v) is 5.91. The topological polar surface area (TPSA) is 38.0 Å². The fourth-order valence-corrected chi connectivity index (χ4v) is 2.82. The van der Waals surface area contributed by atoms with E-state index >= 15 is 0 Å². The van der Waals surface area contributed by atoms with Crippen LogP contribution in [0.5, 0.6) is 0 Å². The highest BCUT2D eigenvalue weighted by molar-refractivity contribution is 6.31. The molecule has 0 saturated carbocycles. The zero-order valence-corrected chi connectivity index (χ0v) is 13.0. The SMILES string of the molecule is Cc1cc(C)cc(CC(Cc2cc(F)ccc2Cl)NN)c1. The van der Waals surface area contributed by atoms with E-state index in [-0.39, 0.29) is 11.9 Å². The lowest BCUT2D eigenvalue weighted by Crippen LogP contribution is -2.38. The van der Waals surface area contributed by atoms with Crippen molar-refractivity contribution >= 4 is 11.6 Å². The zero-order chi connectivity index (χ0) is 15.4. The van der Waals surface area contributed by atoms with E-state index in [2.05, 4.69) is 37.5 Å². The molecule has 0 aliphatic heterocycles. The van der Waals surface area contributed by atoms with Gasteiger partial charge in [-0.15, -0.1) is 0 Å². The molecular formula is C17H20ClFN2. The third-order valence-electron chi connectivity index (χ3n) is 3.47. The fourth-order valence-electron chi connectivity index (χ4n) is 2.63. The maximum atomic E-state index is 13.3. The summed E-state index contributed by atoms with van der Waals surface area (Å²) in [6, 6.07) is 10.8. The first-order valence-electron chi connectivity index (χ1n) is 6.95. The lowest BCUT2D eigenvalue weighted by atomic mass is 9.97. The van der Waals surface area contributed by atoms with Crippen LogP contribution in [-0.4, -0.2) is 6.04 Å². The molecule has 0 bridgehead atoms. The van der Waals surface area contributed by atoms with Crippen molar-refractivity contribution in [2.45, 2.75) is 32.7 Å². The largest absolute Gasteiger partial charge is 0.271 e. The van der Waals surface area contributed by atoms with E-state index in [9.17, 15) is 4.39 Å². The average molecular weight is 307 g/mol. The third kappa shape index (κ3) is 4.53. The highest BCUT2D eigenvalue weighted by Crippen LogP contribution is 2.20. The molecule has 2 rings (SSSR count). The number of halogens is 2. The standard InChI is InChI=1S/C17H20ClFN2/c1-11-5-12(2)7-13(6-11)8-16(21-20)10-14-9-15(19)3-4-17(14)18/h3-7,9,16,21H,8,10,20H2,1-2H3. The van der Waals surface area contributed by atoms with E-state index in [4.69, 9.17) is 17.4 Å². The molecule has 3 N–H and O–H groups in total. The first-order valence-corrected chi connectivity index (χ1v) is 7.33. The number of rotatable bonds is 5. The van der Waals surface area contributed by atoms with E-state index in [0.717, 1.165) is 12.0 Å². The van der Waals surface area contributed by atoms with Gasteiger partial charge in [-0.25, -0.2) is 4.39 Å². The van der Waals surface area contributed by atoms with Gasteiger partial charge in [0.05, 0.1) is 0 Å². The Morgan fingerprint density at radius 2 is 1.76 bits per heavy atom. The number of hydrogen-bond donors (Lipinski definition) is 2. The fraction of sp³-hybridized carbons (Fsp3) is 0.294. The van der Waals surface area contributed by atoms with E-state index < -0.39 is 0 Å². The minimum Gasteiger partial charge on any atom is -0.271 e. The van der Waals surface area contributed by atoms with Gasteiger partial charge in [-0.05, 0) is 56.0 Å². The second-order valence-electron chi connectivity index (χ2n) is 5.50. The van der Waals surface area contributed by atoms with Gasteiger partial charge in [0.15, 0.2) is 0 Å². The summed E-state index contributed by atoms with van der Waals surface area (Å²) in [7, 11) is 0. The van der Waals surface area contributed by atoms with Crippen molar-refractivity contribution in [3.8, 4) is 0 Å². The average Bonchev–Trinajstić information content (AvgIpc) is 2.41. The van der Waals surface area contributed by atoms with E-state index in [1.165, 1.54) is 28.8 Å². The molecule has 0 fully saturated rings. The van der Waals surface area contributed by atoms with Crippen LogP contribution in [0.1, 0.15) is 22.3 Å². The van der Waals surface area contributed by atoms with Gasteiger partial charge in [0.1, 0.15) is 5.82 Å². The van der Waals surface area contributed by atoms with Crippen LogP contribution in [0.15, 0.2) is 36.4 Å². The Balaban J connectivity index is 2.14. The van der Waals surface area contributed by atoms with Crippen LogP contribution in [0, 0.1) is 19.7 Å². The first-order chi connectivity index (χ1) is 9.97. The van der Waals surface area contributed by atoms with Gasteiger partial charge in [-0.1, -0.05) is 40.9 Å². The molecule has 2 aromatic rings. The molecule has 0 radical (unpaired) electrons. The van der Waals surface area contributed by atoms with Crippen LogP contribution in [0.2, 0.25) is 5.02 Å². The number of hydrazine groups is 1. The molecule has 0 saturated heterocycles. The van der Waals surface area contributed by atoms with Crippen LogP contribution in [0.4, 0.5) is 4.39 Å². The van der Waals surface area contributed by atoms with Crippen LogP contribution in [-0.2, 0) is 12.8 Å². The zero-order valence-electron chi connectivity index (χ0n) is 12.3. The summed E-state index contributed by atoms with van der Waals surface area (Å²) in [6.45, 7) is 4.15. The summed E-state index contributed by atoms with van der Waals surface area (Å²) in [6.07, 6.45) is 1.35. The van der Waals surface area contributed by atoms with Gasteiger partial charge in [-0.2, -0.15) is 0 Å². The van der Waals surface area contributed by atoms with Crippen LogP contribution in [0.3, 0.4) is 0 Å². The predicted octanol–water partition coefficient (Wildman–Crippen LogP) is 3.71. The maximum Gasteiger partial charge on any atom is 0.123 e. The van der Waals surface area contributed by atoms with E-state index in [1.54, 1.807) is 6.07 Å². The smallest absolute Gasteiger partial charge is 0.123 e. The molecule has 2 nitrogen and oxygen atoms in total. The van der Waals surface area contributed by atoms with Crippen molar-refractivity contribution in [1.82, 2.24) is 5.43 Å². The molecule has 1 atom stereocenters. The molecular weight excluding hydrogens is 287 g/mol. The Morgan fingerprint density at radius 3 is 2.38 bits per heavy atom. The van der Waals surface area contributed by atoms with Gasteiger partial charge in [0, 0.05) is 11.1 Å². The van der Waals surface area contributed by atoms with Crippen molar-refractivity contribution in [2.24, 2.45) is 5.84 Å². The predicted molar refractivity (Wildman–Crippen MR) is 85.8 cm³/mol. The Kier molecular flexibility index (Phi) is 5.34. The summed E-state index contributed by atoms with van der Waals surface area (Å²) >= 11 is 6.12. The molecule has 4 heteroatoms. The van der Waals surface area contributed by atoms with Crippen LogP contribution < -0.4 is 11.3 Å². The third-order valence-corrected chi connectivity index (χ3v) is 3.84. The molecule has 0 spiro atoms. The molecule has 112 valence electrons. The van der Waals surface area contributed by atoms with Gasteiger partial charge < -0.3 is 0 Å². The first kappa shape index (κ1) is 16.0. The minimum absolute atomic E-state index is 0.00509. The quantitative estimate of drug-likeness (QED) is 0.653. The maximum absolute atomic E-state index is 13.3. The van der Waals surface area contributed by atoms with E-state index in [0.29, 0.717) is 11.4 Å². The van der Waals surface area contributed by atoms with Crippen molar-refractivity contribution in [1.29, 1.82) is 0 Å². The summed E-state index contributed by atoms with van der Waals surface area (Å²) in [4.78, 5) is 0. The molecule has 0 aliphatic rings. The number of nitrogens with two attached hydrogens (primary N) is 1. The van der Waals surface area contributed by atoms with E-state index in [1.807, 2.05) is 0 Å². The summed E-state index contributed by atoms with van der Waals surface area (Å²) in [5, 5.41) is 0.567. The lowest BCUT2D eigenvalue weighted by Gasteiger charge is -2.17. The molecule has 21 heavy (non-hydrogen) atoms. The number of aryl methyl sites for hydroxylation is 2. The molecule has 0 amide bonds. The van der Waals surface area contributed by atoms with Gasteiger partial charge in [-0.3, -0.25) is 11.3 Å². The van der Waals surface area contributed by atoms with Crippen LogP contribution >= 0.6 is 11.6 Å². The van der Waals surface area contributed by atoms with Crippen LogP contribution in [0.25, 0.3) is 0 Å². The summed E-state index contributed by atoms with van der Waals surface area (Å²) in [5.41, 5.74) is 7.24. The number of hydrogen-bond acceptors (Lipinski definition) is 2. The molecule has 0 aliphatic carbocycles. The van der Waals surface area contributed by atoms with Gasteiger partial charge in [0.25, 0.3) is 0 Å². The Labute approximate surface area is 130 Å². The second kappa shape index (κ2) is 7.03.